The number of rotatable bonds is 5. The molecule has 6 heteroatoms. The Morgan fingerprint density at radius 3 is 2.67 bits per heavy atom. The summed E-state index contributed by atoms with van der Waals surface area (Å²) in [5.41, 5.74) is 1.22. The highest BCUT2D eigenvalue weighted by atomic mass is 19.1. The summed E-state index contributed by atoms with van der Waals surface area (Å²) in [7, 11) is 0. The lowest BCUT2D eigenvalue weighted by atomic mass is 10.2. The van der Waals surface area contributed by atoms with Gasteiger partial charge in [-0.15, -0.1) is 0 Å². The summed E-state index contributed by atoms with van der Waals surface area (Å²) in [6, 6.07) is 9.91. The molecule has 0 saturated carbocycles. The first kappa shape index (κ1) is 17.3. The van der Waals surface area contributed by atoms with Crippen molar-refractivity contribution in [1.82, 2.24) is 0 Å². The molecule has 0 fully saturated rings. The van der Waals surface area contributed by atoms with Gasteiger partial charge in [0, 0.05) is 11.8 Å². The highest BCUT2D eigenvalue weighted by Crippen LogP contribution is 2.13. The number of carbonyl (C=O) groups excluding carboxylic acids is 2. The third-order valence-electron chi connectivity index (χ3n) is 3.06. The van der Waals surface area contributed by atoms with E-state index >= 15 is 0 Å². The van der Waals surface area contributed by atoms with E-state index in [9.17, 15) is 18.4 Å². The lowest BCUT2D eigenvalue weighted by molar-refractivity contribution is -0.142. The number of amides is 1. The predicted molar refractivity (Wildman–Crippen MR) is 86.2 cm³/mol. The molecule has 0 saturated heterocycles. The van der Waals surface area contributed by atoms with Crippen LogP contribution in [0, 0.1) is 18.6 Å². The van der Waals surface area contributed by atoms with Crippen molar-refractivity contribution in [3.8, 4) is 0 Å². The van der Waals surface area contributed by atoms with E-state index in [0.717, 1.165) is 6.08 Å². The van der Waals surface area contributed by atoms with Gasteiger partial charge in [0.2, 0.25) is 0 Å². The van der Waals surface area contributed by atoms with Crippen LogP contribution in [-0.4, -0.2) is 18.5 Å². The van der Waals surface area contributed by atoms with Gasteiger partial charge in [-0.05, 0) is 48.4 Å². The minimum absolute atomic E-state index is 0.273. The quantitative estimate of drug-likeness (QED) is 0.674. The van der Waals surface area contributed by atoms with E-state index in [-0.39, 0.29) is 5.69 Å². The summed E-state index contributed by atoms with van der Waals surface area (Å²) in [5, 5.41) is 2.42. The van der Waals surface area contributed by atoms with Crippen LogP contribution in [0.2, 0.25) is 0 Å². The number of benzene rings is 2. The second-order valence-electron chi connectivity index (χ2n) is 5.01. The second-order valence-corrected chi connectivity index (χ2v) is 5.01. The van der Waals surface area contributed by atoms with Crippen molar-refractivity contribution in [2.45, 2.75) is 6.92 Å². The Morgan fingerprint density at radius 2 is 1.96 bits per heavy atom. The molecule has 0 spiro atoms. The molecular weight excluding hydrogens is 316 g/mol. The Kier molecular flexibility index (Phi) is 5.78. The second kappa shape index (κ2) is 8.01. The van der Waals surface area contributed by atoms with Gasteiger partial charge in [-0.3, -0.25) is 4.79 Å². The molecule has 2 aromatic rings. The lowest BCUT2D eigenvalue weighted by Gasteiger charge is -2.06. The highest BCUT2D eigenvalue weighted by Gasteiger charge is 2.07. The SMILES string of the molecule is Cc1ccc(NC(=O)COC(=O)/C=C/c2cccc(F)c2)cc1F. The fourth-order valence-corrected chi connectivity index (χ4v) is 1.83. The van der Waals surface area contributed by atoms with Crippen molar-refractivity contribution in [1.29, 1.82) is 0 Å². The van der Waals surface area contributed by atoms with Crippen molar-refractivity contribution >= 4 is 23.6 Å². The molecule has 0 aliphatic heterocycles. The summed E-state index contributed by atoms with van der Waals surface area (Å²) in [6.45, 7) is 1.09. The molecule has 2 rings (SSSR count). The average Bonchev–Trinajstić information content (AvgIpc) is 2.54. The molecule has 0 unspecified atom stereocenters. The van der Waals surface area contributed by atoms with Gasteiger partial charge >= 0.3 is 5.97 Å². The van der Waals surface area contributed by atoms with Crippen LogP contribution in [-0.2, 0) is 14.3 Å². The summed E-state index contributed by atoms with van der Waals surface area (Å²) >= 11 is 0. The summed E-state index contributed by atoms with van der Waals surface area (Å²) < 4.78 is 31.1. The van der Waals surface area contributed by atoms with E-state index in [2.05, 4.69) is 5.32 Å². The molecular formula is C18H15F2NO3. The van der Waals surface area contributed by atoms with E-state index in [1.165, 1.54) is 36.4 Å². The zero-order valence-electron chi connectivity index (χ0n) is 12.9. The highest BCUT2D eigenvalue weighted by molar-refractivity contribution is 5.94. The molecule has 0 aliphatic rings. The predicted octanol–water partition coefficient (Wildman–Crippen LogP) is 3.47. The number of hydrogen-bond acceptors (Lipinski definition) is 3. The Labute approximate surface area is 137 Å². The zero-order chi connectivity index (χ0) is 17.5. The summed E-state index contributed by atoms with van der Waals surface area (Å²) in [5.74, 6) is -2.20. The van der Waals surface area contributed by atoms with Gasteiger partial charge in [0.1, 0.15) is 11.6 Å². The van der Waals surface area contributed by atoms with E-state index < -0.39 is 30.1 Å². The molecule has 0 radical (unpaired) electrons. The minimum Gasteiger partial charge on any atom is -0.452 e. The van der Waals surface area contributed by atoms with Crippen LogP contribution < -0.4 is 5.32 Å². The van der Waals surface area contributed by atoms with Gasteiger partial charge in [0.15, 0.2) is 6.61 Å². The van der Waals surface area contributed by atoms with Crippen LogP contribution in [0.15, 0.2) is 48.5 Å². The topological polar surface area (TPSA) is 55.4 Å². The molecule has 0 bridgehead atoms. The van der Waals surface area contributed by atoms with Gasteiger partial charge in [-0.25, -0.2) is 13.6 Å². The van der Waals surface area contributed by atoms with Crippen LogP contribution in [0.4, 0.5) is 14.5 Å². The Hall–Kier alpha value is -3.02. The first-order valence-electron chi connectivity index (χ1n) is 7.10. The maximum atomic E-state index is 13.4. The van der Waals surface area contributed by atoms with Crippen molar-refractivity contribution in [3.05, 3.63) is 71.3 Å². The molecule has 0 atom stereocenters. The van der Waals surface area contributed by atoms with Crippen LogP contribution >= 0.6 is 0 Å². The monoisotopic (exact) mass is 331 g/mol. The normalized spacial score (nSPS) is 10.6. The zero-order valence-corrected chi connectivity index (χ0v) is 12.9. The smallest absolute Gasteiger partial charge is 0.331 e. The van der Waals surface area contributed by atoms with Crippen molar-refractivity contribution in [3.63, 3.8) is 0 Å². The van der Waals surface area contributed by atoms with Crippen LogP contribution in [0.5, 0.6) is 0 Å². The third-order valence-corrected chi connectivity index (χ3v) is 3.06. The fraction of sp³-hybridized carbons (Fsp3) is 0.111. The third kappa shape index (κ3) is 5.31. The van der Waals surface area contributed by atoms with Crippen LogP contribution in [0.25, 0.3) is 6.08 Å². The van der Waals surface area contributed by atoms with Crippen LogP contribution in [0.1, 0.15) is 11.1 Å². The van der Waals surface area contributed by atoms with Gasteiger partial charge in [0.05, 0.1) is 0 Å². The molecule has 0 aliphatic carbocycles. The van der Waals surface area contributed by atoms with Gasteiger partial charge in [-0.1, -0.05) is 18.2 Å². The number of anilines is 1. The fourth-order valence-electron chi connectivity index (χ4n) is 1.83. The molecule has 1 amide bonds. The van der Waals surface area contributed by atoms with Crippen molar-refractivity contribution < 1.29 is 23.1 Å². The number of hydrogen-bond donors (Lipinski definition) is 1. The van der Waals surface area contributed by atoms with E-state index in [1.807, 2.05) is 0 Å². The lowest BCUT2D eigenvalue weighted by Crippen LogP contribution is -2.20. The summed E-state index contributed by atoms with van der Waals surface area (Å²) in [6.07, 6.45) is 2.46. The van der Waals surface area contributed by atoms with Crippen molar-refractivity contribution in [2.24, 2.45) is 0 Å². The minimum atomic E-state index is -0.746. The van der Waals surface area contributed by atoms with E-state index in [0.29, 0.717) is 11.1 Å². The van der Waals surface area contributed by atoms with Gasteiger partial charge in [0.25, 0.3) is 5.91 Å². The first-order chi connectivity index (χ1) is 11.4. The number of carbonyl (C=O) groups is 2. The Bertz CT molecular complexity index is 788. The molecule has 0 aromatic heterocycles. The number of halogens is 2. The molecule has 124 valence electrons. The maximum Gasteiger partial charge on any atom is 0.331 e. The Balaban J connectivity index is 1.82. The number of esters is 1. The maximum absolute atomic E-state index is 13.4. The standard InChI is InChI=1S/C18H15F2NO3/c1-12-5-7-15(10-16(12)20)21-17(22)11-24-18(23)8-6-13-3-2-4-14(19)9-13/h2-10H,11H2,1H3,(H,21,22)/b8-6+. The van der Waals surface area contributed by atoms with E-state index in [1.54, 1.807) is 19.1 Å². The number of aryl methyl sites for hydroxylation is 1. The molecule has 1 N–H and O–H groups in total. The van der Waals surface area contributed by atoms with Gasteiger partial charge in [-0.2, -0.15) is 0 Å². The largest absolute Gasteiger partial charge is 0.452 e. The van der Waals surface area contributed by atoms with Crippen LogP contribution in [0.3, 0.4) is 0 Å². The first-order valence-corrected chi connectivity index (χ1v) is 7.10. The molecule has 2 aromatic carbocycles. The average molecular weight is 331 g/mol. The summed E-state index contributed by atoms with van der Waals surface area (Å²) in [4.78, 5) is 23.2. The molecule has 4 nitrogen and oxygen atoms in total. The Morgan fingerprint density at radius 1 is 1.17 bits per heavy atom. The molecule has 24 heavy (non-hydrogen) atoms. The number of ether oxygens (including phenoxy) is 1. The molecule has 0 heterocycles. The van der Waals surface area contributed by atoms with E-state index in [4.69, 9.17) is 4.74 Å². The number of nitrogens with one attached hydrogen (secondary N) is 1. The van der Waals surface area contributed by atoms with Crippen molar-refractivity contribution in [2.75, 3.05) is 11.9 Å². The van der Waals surface area contributed by atoms with Gasteiger partial charge < -0.3 is 10.1 Å².